The maximum atomic E-state index is 5.82. The molecule has 1 aliphatic rings. The highest BCUT2D eigenvalue weighted by Gasteiger charge is 2.29. The quantitative estimate of drug-likeness (QED) is 0.789. The zero-order chi connectivity index (χ0) is 16.8. The first-order chi connectivity index (χ1) is 11.6. The second-order valence-electron chi connectivity index (χ2n) is 7.55. The van der Waals surface area contributed by atoms with E-state index in [1.165, 1.54) is 24.9 Å². The highest BCUT2D eigenvalue weighted by Crippen LogP contribution is 2.28. The Morgan fingerprint density at radius 2 is 2.00 bits per heavy atom. The van der Waals surface area contributed by atoms with Gasteiger partial charge in [-0.2, -0.15) is 0 Å². The molecule has 1 aromatic heterocycles. The van der Waals surface area contributed by atoms with Crippen LogP contribution < -0.4 is 5.32 Å². The first-order valence-corrected chi connectivity index (χ1v) is 9.18. The van der Waals surface area contributed by atoms with E-state index in [1.807, 2.05) is 6.07 Å². The molecule has 0 saturated carbocycles. The predicted octanol–water partition coefficient (Wildman–Crippen LogP) is 3.57. The van der Waals surface area contributed by atoms with Gasteiger partial charge in [0.2, 0.25) is 0 Å². The standard InChI is InChI=1S/C21H29NO2/c1-21(2)15-17(11-14-24-21)16-22-12-10-19(20-9-6-13-23-20)18-7-4-3-5-8-18/h3-9,13,17,19,22H,10-12,14-16H2,1-2H3/p+1/t17-,19-/m0/s1. The van der Waals surface area contributed by atoms with Crippen molar-refractivity contribution in [2.75, 3.05) is 19.7 Å². The molecule has 2 N–H and O–H groups in total. The van der Waals surface area contributed by atoms with E-state index in [1.54, 1.807) is 6.26 Å². The molecule has 0 bridgehead atoms. The third-order valence-corrected chi connectivity index (χ3v) is 5.05. The molecule has 0 radical (unpaired) electrons. The lowest BCUT2D eigenvalue weighted by Crippen LogP contribution is -2.86. The van der Waals surface area contributed by atoms with Crippen LogP contribution in [0, 0.1) is 5.92 Å². The molecule has 2 heterocycles. The molecular weight excluding hydrogens is 298 g/mol. The van der Waals surface area contributed by atoms with Gasteiger partial charge >= 0.3 is 0 Å². The summed E-state index contributed by atoms with van der Waals surface area (Å²) in [5, 5.41) is 2.48. The molecule has 3 rings (SSSR count). The van der Waals surface area contributed by atoms with Crippen LogP contribution in [0.1, 0.15) is 50.4 Å². The van der Waals surface area contributed by atoms with Gasteiger partial charge in [0, 0.05) is 24.9 Å². The smallest absolute Gasteiger partial charge is 0.111 e. The predicted molar refractivity (Wildman–Crippen MR) is 96.0 cm³/mol. The Morgan fingerprint density at radius 3 is 2.71 bits per heavy atom. The Hall–Kier alpha value is -1.58. The van der Waals surface area contributed by atoms with Crippen LogP contribution >= 0.6 is 0 Å². The fraction of sp³-hybridized carbons (Fsp3) is 0.524. The number of hydrogen-bond acceptors (Lipinski definition) is 2. The Morgan fingerprint density at radius 1 is 1.17 bits per heavy atom. The molecule has 0 amide bonds. The van der Waals surface area contributed by atoms with Gasteiger partial charge in [-0.3, -0.25) is 0 Å². The molecule has 2 aromatic rings. The number of nitrogens with two attached hydrogens (primary N) is 1. The highest BCUT2D eigenvalue weighted by molar-refractivity contribution is 5.26. The van der Waals surface area contributed by atoms with Crippen molar-refractivity contribution in [1.82, 2.24) is 0 Å². The van der Waals surface area contributed by atoms with E-state index in [0.717, 1.165) is 31.3 Å². The van der Waals surface area contributed by atoms with E-state index in [2.05, 4.69) is 55.6 Å². The summed E-state index contributed by atoms with van der Waals surface area (Å²) in [6.45, 7) is 7.65. The van der Waals surface area contributed by atoms with Gasteiger partial charge in [0.15, 0.2) is 0 Å². The molecule has 24 heavy (non-hydrogen) atoms. The molecule has 130 valence electrons. The van der Waals surface area contributed by atoms with Gasteiger partial charge in [-0.1, -0.05) is 30.3 Å². The molecule has 0 aliphatic carbocycles. The lowest BCUT2D eigenvalue weighted by molar-refractivity contribution is -0.661. The summed E-state index contributed by atoms with van der Waals surface area (Å²) in [5.74, 6) is 2.19. The molecule has 1 aromatic carbocycles. The second kappa shape index (κ2) is 8.00. The fourth-order valence-corrected chi connectivity index (χ4v) is 3.85. The molecule has 1 saturated heterocycles. The Labute approximate surface area is 145 Å². The maximum absolute atomic E-state index is 5.82. The lowest BCUT2D eigenvalue weighted by Gasteiger charge is -2.34. The van der Waals surface area contributed by atoms with Gasteiger partial charge in [0.05, 0.1) is 25.0 Å². The number of hydrogen-bond donors (Lipinski definition) is 1. The van der Waals surface area contributed by atoms with Crippen LogP contribution in [0.25, 0.3) is 0 Å². The average Bonchev–Trinajstić information content (AvgIpc) is 3.09. The van der Waals surface area contributed by atoms with Crippen LogP contribution in [0.3, 0.4) is 0 Å². The zero-order valence-electron chi connectivity index (χ0n) is 14.9. The summed E-state index contributed by atoms with van der Waals surface area (Å²) in [6, 6.07) is 14.8. The van der Waals surface area contributed by atoms with Crippen molar-refractivity contribution < 1.29 is 14.5 Å². The number of furan rings is 1. The topological polar surface area (TPSA) is 39.0 Å². The first-order valence-electron chi connectivity index (χ1n) is 9.18. The third kappa shape index (κ3) is 4.71. The van der Waals surface area contributed by atoms with E-state index < -0.39 is 0 Å². The van der Waals surface area contributed by atoms with E-state index in [-0.39, 0.29) is 5.60 Å². The van der Waals surface area contributed by atoms with Gasteiger partial charge in [0.25, 0.3) is 0 Å². The fourth-order valence-electron chi connectivity index (χ4n) is 3.85. The van der Waals surface area contributed by atoms with Crippen LogP contribution in [-0.2, 0) is 4.74 Å². The van der Waals surface area contributed by atoms with Gasteiger partial charge in [0.1, 0.15) is 5.76 Å². The Balaban J connectivity index is 1.51. The van der Waals surface area contributed by atoms with Gasteiger partial charge in [-0.05, 0) is 44.4 Å². The van der Waals surface area contributed by atoms with Gasteiger partial charge < -0.3 is 14.5 Å². The first kappa shape index (κ1) is 17.2. The van der Waals surface area contributed by atoms with Gasteiger partial charge in [-0.25, -0.2) is 0 Å². The van der Waals surface area contributed by atoms with Crippen molar-refractivity contribution in [3.05, 3.63) is 60.1 Å². The van der Waals surface area contributed by atoms with Crippen molar-refractivity contribution in [2.45, 2.75) is 44.6 Å². The average molecular weight is 328 g/mol. The number of rotatable bonds is 7. The Bertz CT molecular complexity index is 592. The van der Waals surface area contributed by atoms with Crippen molar-refractivity contribution in [1.29, 1.82) is 0 Å². The molecular formula is C21H30NO2+. The molecule has 3 nitrogen and oxygen atoms in total. The summed E-state index contributed by atoms with van der Waals surface area (Å²) >= 11 is 0. The third-order valence-electron chi connectivity index (χ3n) is 5.05. The molecule has 3 heteroatoms. The van der Waals surface area contributed by atoms with Crippen LogP contribution in [0.5, 0.6) is 0 Å². The van der Waals surface area contributed by atoms with E-state index in [0.29, 0.717) is 5.92 Å². The maximum Gasteiger partial charge on any atom is 0.111 e. The summed E-state index contributed by atoms with van der Waals surface area (Å²) in [6.07, 6.45) is 5.24. The monoisotopic (exact) mass is 328 g/mol. The van der Waals surface area contributed by atoms with Crippen molar-refractivity contribution in [3.63, 3.8) is 0 Å². The van der Waals surface area contributed by atoms with Crippen molar-refractivity contribution in [2.24, 2.45) is 5.92 Å². The van der Waals surface area contributed by atoms with E-state index in [4.69, 9.17) is 9.15 Å². The molecule has 0 spiro atoms. The number of quaternary nitrogens is 1. The number of ether oxygens (including phenoxy) is 1. The zero-order valence-corrected chi connectivity index (χ0v) is 14.9. The summed E-state index contributed by atoms with van der Waals surface area (Å²) in [4.78, 5) is 0. The van der Waals surface area contributed by atoms with Crippen LogP contribution in [0.15, 0.2) is 53.1 Å². The summed E-state index contributed by atoms with van der Waals surface area (Å²) in [5.41, 5.74) is 1.39. The van der Waals surface area contributed by atoms with E-state index >= 15 is 0 Å². The highest BCUT2D eigenvalue weighted by atomic mass is 16.5. The van der Waals surface area contributed by atoms with Crippen LogP contribution in [0.4, 0.5) is 0 Å². The minimum Gasteiger partial charge on any atom is -0.469 e. The van der Waals surface area contributed by atoms with Crippen molar-refractivity contribution >= 4 is 0 Å². The normalized spacial score (nSPS) is 21.5. The van der Waals surface area contributed by atoms with Crippen LogP contribution in [-0.4, -0.2) is 25.3 Å². The minimum atomic E-state index is 0.0531. The molecule has 0 unspecified atom stereocenters. The summed E-state index contributed by atoms with van der Waals surface area (Å²) < 4.78 is 11.5. The number of benzene rings is 1. The minimum absolute atomic E-state index is 0.0531. The molecule has 2 atom stereocenters. The SMILES string of the molecule is CC1(C)C[C@@H](C[NH2+]CC[C@@H](c2ccccc2)c2ccco2)CCO1. The van der Waals surface area contributed by atoms with Crippen molar-refractivity contribution in [3.8, 4) is 0 Å². The molecule has 1 fully saturated rings. The lowest BCUT2D eigenvalue weighted by atomic mass is 9.88. The van der Waals surface area contributed by atoms with E-state index in [9.17, 15) is 0 Å². The van der Waals surface area contributed by atoms with Crippen LogP contribution in [0.2, 0.25) is 0 Å². The molecule has 1 aliphatic heterocycles. The Kier molecular flexibility index (Phi) is 5.75. The summed E-state index contributed by atoms with van der Waals surface area (Å²) in [7, 11) is 0. The van der Waals surface area contributed by atoms with Gasteiger partial charge in [-0.15, -0.1) is 0 Å². The second-order valence-corrected chi connectivity index (χ2v) is 7.55. The largest absolute Gasteiger partial charge is 0.469 e.